The standard InChI is InChI=1S/C45H91N2O6P/c1-6-8-10-11-12-13-14-15-16-17-18-19-20-21-22-23-24-25-26-27-28-29-30-31-32-33-34-35-37-38-44(48)43(46-45(49)39-36-9-7-2)42-53-54(50,51)52-41-40-47(3,4)5/h37-38,43-44,48H,6-36,39-42H2,1-5H3,(H-,46,49,50,51)/b38-37+. The molecular weight excluding hydrogens is 695 g/mol. The van der Waals surface area contributed by atoms with Crippen molar-refractivity contribution < 1.29 is 32.9 Å². The summed E-state index contributed by atoms with van der Waals surface area (Å²) >= 11 is 0. The van der Waals surface area contributed by atoms with Crippen molar-refractivity contribution in [2.45, 2.75) is 231 Å². The minimum atomic E-state index is -4.56. The number of nitrogens with one attached hydrogen (secondary N) is 1. The van der Waals surface area contributed by atoms with Crippen molar-refractivity contribution in [3.63, 3.8) is 0 Å². The molecule has 0 aromatic rings. The number of hydrogen-bond acceptors (Lipinski definition) is 6. The third kappa shape index (κ3) is 39.5. The number of carbonyl (C=O) groups excluding carboxylic acids is 1. The van der Waals surface area contributed by atoms with Gasteiger partial charge in [-0.15, -0.1) is 0 Å². The van der Waals surface area contributed by atoms with Crippen LogP contribution in [0, 0.1) is 0 Å². The largest absolute Gasteiger partial charge is 0.756 e. The number of carbonyl (C=O) groups is 1. The van der Waals surface area contributed by atoms with Gasteiger partial charge >= 0.3 is 0 Å². The fourth-order valence-electron chi connectivity index (χ4n) is 6.80. The topological polar surface area (TPSA) is 108 Å². The van der Waals surface area contributed by atoms with Gasteiger partial charge in [-0.2, -0.15) is 0 Å². The van der Waals surface area contributed by atoms with E-state index in [2.05, 4.69) is 19.2 Å². The van der Waals surface area contributed by atoms with Crippen LogP contribution in [0.2, 0.25) is 0 Å². The van der Waals surface area contributed by atoms with E-state index in [-0.39, 0.29) is 19.1 Å². The second-order valence-electron chi connectivity index (χ2n) is 17.1. The van der Waals surface area contributed by atoms with E-state index in [9.17, 15) is 19.4 Å². The number of unbranched alkanes of at least 4 members (excludes halogenated alkanes) is 29. The van der Waals surface area contributed by atoms with E-state index in [1.54, 1.807) is 6.08 Å². The first-order valence-electron chi connectivity index (χ1n) is 23.1. The Morgan fingerprint density at radius 3 is 1.39 bits per heavy atom. The zero-order valence-corrected chi connectivity index (χ0v) is 37.3. The number of quaternary nitrogens is 1. The Hall–Kier alpha value is -0.760. The Morgan fingerprint density at radius 1 is 0.630 bits per heavy atom. The lowest BCUT2D eigenvalue weighted by molar-refractivity contribution is -0.870. The van der Waals surface area contributed by atoms with Crippen molar-refractivity contribution in [2.75, 3.05) is 40.9 Å². The van der Waals surface area contributed by atoms with Gasteiger partial charge in [0.1, 0.15) is 13.2 Å². The number of rotatable bonds is 42. The number of phosphoric acid groups is 1. The smallest absolute Gasteiger partial charge is 0.268 e. The first-order chi connectivity index (χ1) is 26.0. The zero-order valence-electron chi connectivity index (χ0n) is 36.4. The fourth-order valence-corrected chi connectivity index (χ4v) is 7.52. The summed E-state index contributed by atoms with van der Waals surface area (Å²) in [6.45, 7) is 4.48. The molecule has 0 saturated carbocycles. The van der Waals surface area contributed by atoms with Gasteiger partial charge in [0.15, 0.2) is 0 Å². The molecular formula is C45H91N2O6P. The summed E-state index contributed by atoms with van der Waals surface area (Å²) in [6, 6.07) is -0.876. The Labute approximate surface area is 335 Å². The van der Waals surface area contributed by atoms with Crippen LogP contribution in [0.3, 0.4) is 0 Å². The molecule has 0 aromatic carbocycles. The van der Waals surface area contributed by atoms with Gasteiger partial charge in [-0.25, -0.2) is 0 Å². The minimum Gasteiger partial charge on any atom is -0.756 e. The summed E-state index contributed by atoms with van der Waals surface area (Å²) in [5, 5.41) is 13.6. The molecule has 0 heterocycles. The molecule has 0 rings (SSSR count). The highest BCUT2D eigenvalue weighted by atomic mass is 31.2. The SMILES string of the molecule is CCCCCCCCCCCCCCCCCCCCCCCCCCCCC/C=C/C(O)C(COP(=O)([O-])OCC[N+](C)(C)C)NC(=O)CCCCC. The van der Waals surface area contributed by atoms with Gasteiger partial charge in [-0.1, -0.05) is 206 Å². The van der Waals surface area contributed by atoms with Crippen LogP contribution in [-0.4, -0.2) is 68.5 Å². The van der Waals surface area contributed by atoms with Crippen LogP contribution in [0.5, 0.6) is 0 Å². The van der Waals surface area contributed by atoms with E-state index in [1.807, 2.05) is 27.2 Å². The predicted octanol–water partition coefficient (Wildman–Crippen LogP) is 12.1. The van der Waals surface area contributed by atoms with E-state index >= 15 is 0 Å². The van der Waals surface area contributed by atoms with E-state index in [4.69, 9.17) is 9.05 Å². The van der Waals surface area contributed by atoms with E-state index in [1.165, 1.54) is 161 Å². The molecule has 0 radical (unpaired) electrons. The van der Waals surface area contributed by atoms with Gasteiger partial charge in [0.25, 0.3) is 7.82 Å². The second kappa shape index (κ2) is 37.8. The first-order valence-corrected chi connectivity index (χ1v) is 24.5. The first kappa shape index (κ1) is 53.2. The molecule has 0 fully saturated rings. The van der Waals surface area contributed by atoms with Crippen molar-refractivity contribution in [1.82, 2.24) is 5.32 Å². The van der Waals surface area contributed by atoms with Gasteiger partial charge in [0.05, 0.1) is 39.9 Å². The van der Waals surface area contributed by atoms with Crippen LogP contribution in [0.4, 0.5) is 0 Å². The molecule has 1 amide bonds. The molecule has 0 aromatic heterocycles. The fraction of sp³-hybridized carbons (Fsp3) is 0.933. The molecule has 0 aliphatic rings. The highest BCUT2D eigenvalue weighted by Gasteiger charge is 2.23. The maximum absolute atomic E-state index is 12.5. The molecule has 54 heavy (non-hydrogen) atoms. The van der Waals surface area contributed by atoms with Crippen LogP contribution >= 0.6 is 7.82 Å². The summed E-state index contributed by atoms with van der Waals surface area (Å²) < 4.78 is 22.9. The van der Waals surface area contributed by atoms with Crippen molar-refractivity contribution in [2.24, 2.45) is 0 Å². The van der Waals surface area contributed by atoms with E-state index in [0.29, 0.717) is 17.4 Å². The molecule has 8 nitrogen and oxygen atoms in total. The summed E-state index contributed by atoms with van der Waals surface area (Å²) in [4.78, 5) is 24.8. The van der Waals surface area contributed by atoms with Crippen LogP contribution in [0.15, 0.2) is 12.2 Å². The van der Waals surface area contributed by atoms with Gasteiger partial charge < -0.3 is 28.8 Å². The molecule has 3 atom stereocenters. The lowest BCUT2D eigenvalue weighted by atomic mass is 10.0. The average molecular weight is 787 g/mol. The molecule has 2 N–H and O–H groups in total. The lowest BCUT2D eigenvalue weighted by Gasteiger charge is -2.29. The predicted molar refractivity (Wildman–Crippen MR) is 229 cm³/mol. The molecule has 0 saturated heterocycles. The number of aliphatic hydroxyl groups excluding tert-OH is 1. The monoisotopic (exact) mass is 787 g/mol. The highest BCUT2D eigenvalue weighted by molar-refractivity contribution is 7.45. The second-order valence-corrected chi connectivity index (χ2v) is 18.5. The minimum absolute atomic E-state index is 0.000425. The number of hydrogen-bond donors (Lipinski definition) is 2. The number of phosphoric ester groups is 1. The molecule has 9 heteroatoms. The van der Waals surface area contributed by atoms with Crippen molar-refractivity contribution in [3.05, 3.63) is 12.2 Å². The molecule has 0 bridgehead atoms. The maximum Gasteiger partial charge on any atom is 0.268 e. The lowest BCUT2D eigenvalue weighted by Crippen LogP contribution is -2.45. The van der Waals surface area contributed by atoms with Gasteiger partial charge in [0.2, 0.25) is 5.91 Å². The number of amides is 1. The summed E-state index contributed by atoms with van der Waals surface area (Å²) in [5.74, 6) is -0.221. The number of likely N-dealkylation sites (N-methyl/N-ethyl adjacent to an activating group) is 1. The molecule has 0 aliphatic carbocycles. The van der Waals surface area contributed by atoms with Gasteiger partial charge in [0, 0.05) is 6.42 Å². The highest BCUT2D eigenvalue weighted by Crippen LogP contribution is 2.38. The van der Waals surface area contributed by atoms with Crippen LogP contribution in [0.25, 0.3) is 0 Å². The Morgan fingerprint density at radius 2 is 1.00 bits per heavy atom. The van der Waals surface area contributed by atoms with Crippen LogP contribution in [0.1, 0.15) is 219 Å². The van der Waals surface area contributed by atoms with Crippen molar-refractivity contribution in [1.29, 1.82) is 0 Å². The summed E-state index contributed by atoms with van der Waals surface area (Å²) in [5.41, 5.74) is 0. The number of allylic oxidation sites excluding steroid dienone is 1. The van der Waals surface area contributed by atoms with E-state index in [0.717, 1.165) is 38.5 Å². The molecule has 0 spiro atoms. The number of nitrogens with zero attached hydrogens (tertiary/aromatic N) is 1. The van der Waals surface area contributed by atoms with Crippen molar-refractivity contribution in [3.8, 4) is 0 Å². The average Bonchev–Trinajstić information content (AvgIpc) is 3.12. The van der Waals surface area contributed by atoms with Gasteiger partial charge in [-0.05, 0) is 19.3 Å². The molecule has 3 unspecified atom stereocenters. The third-order valence-electron chi connectivity index (χ3n) is 10.5. The Kier molecular flexibility index (Phi) is 37.3. The Balaban J connectivity index is 3.84. The zero-order chi connectivity index (χ0) is 40.0. The summed E-state index contributed by atoms with van der Waals surface area (Å²) in [7, 11) is 1.26. The third-order valence-corrected chi connectivity index (χ3v) is 11.5. The van der Waals surface area contributed by atoms with Crippen LogP contribution < -0.4 is 10.2 Å². The molecule has 0 aliphatic heterocycles. The quantitative estimate of drug-likeness (QED) is 0.0276. The van der Waals surface area contributed by atoms with Crippen molar-refractivity contribution >= 4 is 13.7 Å². The summed E-state index contributed by atoms with van der Waals surface area (Å²) in [6.07, 6.45) is 43.7. The number of aliphatic hydroxyl groups is 1. The Bertz CT molecular complexity index is 896. The molecule has 322 valence electrons. The van der Waals surface area contributed by atoms with Crippen LogP contribution in [-0.2, 0) is 18.4 Å². The van der Waals surface area contributed by atoms with Gasteiger partial charge in [-0.3, -0.25) is 9.36 Å². The normalized spacial score (nSPS) is 14.4. The van der Waals surface area contributed by atoms with E-state index < -0.39 is 20.0 Å². The maximum atomic E-state index is 12.5.